The van der Waals surface area contributed by atoms with Crippen molar-refractivity contribution in [2.75, 3.05) is 4.90 Å². The quantitative estimate of drug-likeness (QED) is 0.204. The van der Waals surface area contributed by atoms with Crippen LogP contribution in [0.2, 0.25) is 0 Å². The molecule has 10 rings (SSSR count). The highest BCUT2D eigenvalue weighted by Gasteiger charge is 2.36. The fourth-order valence-electron chi connectivity index (χ4n) is 7.89. The highest BCUT2D eigenvalue weighted by molar-refractivity contribution is 6.29. The standard InChI is InChI=1S/C43H31N3/c1-27-25-44-26-37-33(27)13-7-16-39(37)46-40-21-18-28-9-5-6-12-34(28)42(40)43-36-14-8-15-38(35(36)20-22-41(43)46)45(31-10-3-2-4-11-31)32-19-17-29-23-30(29)24-32/h2-22,24-26,29-30H,23H2,1H3. The van der Waals surface area contributed by atoms with Gasteiger partial charge in [-0.1, -0.05) is 91.0 Å². The lowest BCUT2D eigenvalue weighted by atomic mass is 9.98. The number of aromatic nitrogens is 2. The van der Waals surface area contributed by atoms with Crippen LogP contribution in [0.25, 0.3) is 59.8 Å². The number of anilines is 2. The fourth-order valence-corrected chi connectivity index (χ4v) is 7.89. The monoisotopic (exact) mass is 589 g/mol. The van der Waals surface area contributed by atoms with Gasteiger partial charge in [-0.25, -0.2) is 0 Å². The highest BCUT2D eigenvalue weighted by Crippen LogP contribution is 2.48. The molecule has 1 fully saturated rings. The number of para-hydroxylation sites is 1. The summed E-state index contributed by atoms with van der Waals surface area (Å²) < 4.78 is 2.46. The van der Waals surface area contributed by atoms with Crippen molar-refractivity contribution in [3.8, 4) is 5.69 Å². The zero-order valence-electron chi connectivity index (χ0n) is 25.6. The number of hydrogen-bond acceptors (Lipinski definition) is 2. The van der Waals surface area contributed by atoms with Crippen LogP contribution >= 0.6 is 0 Å². The summed E-state index contributed by atoms with van der Waals surface area (Å²) in [6.45, 7) is 2.15. The van der Waals surface area contributed by atoms with Crippen LogP contribution in [-0.2, 0) is 0 Å². The second kappa shape index (κ2) is 9.66. The molecule has 1 saturated carbocycles. The number of rotatable bonds is 4. The first-order valence-corrected chi connectivity index (χ1v) is 16.2. The zero-order valence-corrected chi connectivity index (χ0v) is 25.6. The normalized spacial score (nSPS) is 17.2. The number of benzene rings is 6. The van der Waals surface area contributed by atoms with Crippen molar-refractivity contribution in [1.82, 2.24) is 9.55 Å². The maximum atomic E-state index is 4.63. The highest BCUT2D eigenvalue weighted by atomic mass is 15.1. The Hall–Kier alpha value is -5.67. The molecule has 0 spiro atoms. The summed E-state index contributed by atoms with van der Waals surface area (Å²) in [4.78, 5) is 7.08. The number of nitrogens with zero attached hydrogens (tertiary/aromatic N) is 3. The first-order valence-electron chi connectivity index (χ1n) is 16.2. The molecule has 46 heavy (non-hydrogen) atoms. The third-order valence-corrected chi connectivity index (χ3v) is 10.2. The Morgan fingerprint density at radius 1 is 0.630 bits per heavy atom. The van der Waals surface area contributed by atoms with Crippen LogP contribution < -0.4 is 4.90 Å². The van der Waals surface area contributed by atoms with Gasteiger partial charge in [-0.3, -0.25) is 4.98 Å². The van der Waals surface area contributed by atoms with E-state index < -0.39 is 0 Å². The summed E-state index contributed by atoms with van der Waals surface area (Å²) in [5.74, 6) is 1.36. The number of allylic oxidation sites excluding steroid dienone is 3. The molecular weight excluding hydrogens is 558 g/mol. The number of aryl methyl sites for hydroxylation is 1. The van der Waals surface area contributed by atoms with Gasteiger partial charge in [0.1, 0.15) is 0 Å². The minimum Gasteiger partial charge on any atom is -0.310 e. The molecule has 3 nitrogen and oxygen atoms in total. The maximum Gasteiger partial charge on any atom is 0.0556 e. The third kappa shape index (κ3) is 3.69. The smallest absolute Gasteiger partial charge is 0.0556 e. The van der Waals surface area contributed by atoms with E-state index in [9.17, 15) is 0 Å². The van der Waals surface area contributed by atoms with Gasteiger partial charge in [0.05, 0.1) is 22.4 Å². The largest absolute Gasteiger partial charge is 0.310 e. The Bertz CT molecular complexity index is 2590. The molecule has 0 radical (unpaired) electrons. The summed E-state index contributed by atoms with van der Waals surface area (Å²) in [5, 5.41) is 9.99. The predicted molar refractivity (Wildman–Crippen MR) is 193 cm³/mol. The van der Waals surface area contributed by atoms with E-state index in [0.29, 0.717) is 11.8 Å². The van der Waals surface area contributed by atoms with E-state index >= 15 is 0 Å². The maximum absolute atomic E-state index is 4.63. The Balaban J connectivity index is 1.33. The molecule has 2 aliphatic carbocycles. The first-order chi connectivity index (χ1) is 22.7. The van der Waals surface area contributed by atoms with Crippen molar-refractivity contribution in [3.63, 3.8) is 0 Å². The van der Waals surface area contributed by atoms with Crippen molar-refractivity contribution in [3.05, 3.63) is 157 Å². The molecule has 0 saturated heterocycles. The third-order valence-electron chi connectivity index (χ3n) is 10.2. The van der Waals surface area contributed by atoms with Gasteiger partial charge < -0.3 is 9.47 Å². The van der Waals surface area contributed by atoms with Crippen molar-refractivity contribution >= 4 is 65.5 Å². The summed E-state index contributed by atoms with van der Waals surface area (Å²) in [5.41, 5.74) is 8.38. The Labute approximate surface area is 267 Å². The van der Waals surface area contributed by atoms with Crippen LogP contribution in [0.5, 0.6) is 0 Å². The molecule has 8 aromatic rings. The molecule has 3 heteroatoms. The van der Waals surface area contributed by atoms with Gasteiger partial charge in [0.15, 0.2) is 0 Å². The molecule has 2 atom stereocenters. The van der Waals surface area contributed by atoms with Gasteiger partial charge >= 0.3 is 0 Å². The van der Waals surface area contributed by atoms with E-state index in [2.05, 4.69) is 155 Å². The van der Waals surface area contributed by atoms with Crippen molar-refractivity contribution in [1.29, 1.82) is 0 Å². The Kier molecular flexibility index (Phi) is 5.39. The molecule has 0 N–H and O–H groups in total. The molecule has 0 aliphatic heterocycles. The van der Waals surface area contributed by atoms with Gasteiger partial charge in [0, 0.05) is 45.3 Å². The van der Waals surface area contributed by atoms with Crippen LogP contribution in [-0.4, -0.2) is 9.55 Å². The van der Waals surface area contributed by atoms with E-state index in [1.54, 1.807) is 0 Å². The van der Waals surface area contributed by atoms with E-state index in [0.717, 1.165) is 11.1 Å². The molecule has 2 heterocycles. The minimum atomic E-state index is 0.649. The van der Waals surface area contributed by atoms with E-state index in [4.69, 9.17) is 0 Å². The lowest BCUT2D eigenvalue weighted by Crippen LogP contribution is -2.16. The van der Waals surface area contributed by atoms with Crippen LogP contribution in [0, 0.1) is 18.8 Å². The van der Waals surface area contributed by atoms with Gasteiger partial charge in [-0.2, -0.15) is 0 Å². The second-order valence-corrected chi connectivity index (χ2v) is 12.9. The lowest BCUT2D eigenvalue weighted by Gasteiger charge is -2.29. The van der Waals surface area contributed by atoms with Crippen LogP contribution in [0.4, 0.5) is 11.4 Å². The van der Waals surface area contributed by atoms with Gasteiger partial charge in [0.2, 0.25) is 0 Å². The van der Waals surface area contributed by atoms with Crippen LogP contribution in [0.1, 0.15) is 12.0 Å². The van der Waals surface area contributed by atoms with Crippen molar-refractivity contribution in [2.24, 2.45) is 11.8 Å². The molecule has 0 amide bonds. The number of pyridine rings is 1. The van der Waals surface area contributed by atoms with Crippen LogP contribution in [0.15, 0.2) is 152 Å². The lowest BCUT2D eigenvalue weighted by molar-refractivity contribution is 0.951. The van der Waals surface area contributed by atoms with Crippen LogP contribution in [0.3, 0.4) is 0 Å². The Morgan fingerprint density at radius 2 is 1.39 bits per heavy atom. The van der Waals surface area contributed by atoms with Crippen molar-refractivity contribution < 1.29 is 0 Å². The van der Waals surface area contributed by atoms with Gasteiger partial charge in [-0.05, 0) is 94.8 Å². The van der Waals surface area contributed by atoms with E-state index in [-0.39, 0.29) is 0 Å². The predicted octanol–water partition coefficient (Wildman–Crippen LogP) is 11.2. The first kappa shape index (κ1) is 25.6. The molecule has 218 valence electrons. The summed E-state index contributed by atoms with van der Waals surface area (Å²) in [7, 11) is 0. The van der Waals surface area contributed by atoms with E-state index in [1.165, 1.54) is 77.8 Å². The molecule has 2 unspecified atom stereocenters. The SMILES string of the molecule is Cc1cncc2c(-n3c4ccc5ccccc5c4c4c5cccc(N(C6=CC7CC7C=C6)c6ccccc6)c5ccc43)cccc12. The molecule has 2 aromatic heterocycles. The minimum absolute atomic E-state index is 0.649. The number of hydrogen-bond donors (Lipinski definition) is 0. The van der Waals surface area contributed by atoms with Gasteiger partial charge in [0.25, 0.3) is 0 Å². The van der Waals surface area contributed by atoms with E-state index in [1.807, 2.05) is 12.4 Å². The summed E-state index contributed by atoms with van der Waals surface area (Å²) in [6.07, 6.45) is 12.4. The molecular formula is C43H31N3. The van der Waals surface area contributed by atoms with Crippen molar-refractivity contribution in [2.45, 2.75) is 13.3 Å². The number of fused-ring (bicyclic) bond motifs is 9. The average molecular weight is 590 g/mol. The summed E-state index contributed by atoms with van der Waals surface area (Å²) in [6, 6.07) is 42.3. The average Bonchev–Trinajstić information content (AvgIpc) is 3.80. The zero-order chi connectivity index (χ0) is 30.4. The second-order valence-electron chi connectivity index (χ2n) is 12.9. The molecule has 6 aromatic carbocycles. The molecule has 0 bridgehead atoms. The Morgan fingerprint density at radius 3 is 2.28 bits per heavy atom. The summed E-state index contributed by atoms with van der Waals surface area (Å²) >= 11 is 0. The molecule has 2 aliphatic rings. The fraction of sp³-hybridized carbons (Fsp3) is 0.0930. The van der Waals surface area contributed by atoms with Gasteiger partial charge in [-0.15, -0.1) is 0 Å². The topological polar surface area (TPSA) is 21.1 Å².